The number of nitrogens with one attached hydrogen (secondary N) is 1. The topological polar surface area (TPSA) is 69.4 Å². The molecule has 0 bridgehead atoms. The van der Waals surface area contributed by atoms with Gasteiger partial charge in [-0.05, 0) is 42.0 Å². The Labute approximate surface area is 162 Å². The number of alkyl halides is 3. The van der Waals surface area contributed by atoms with Crippen molar-refractivity contribution in [3.63, 3.8) is 0 Å². The zero-order valence-corrected chi connectivity index (χ0v) is 15.0. The van der Waals surface area contributed by atoms with E-state index in [0.29, 0.717) is 28.0 Å². The summed E-state index contributed by atoms with van der Waals surface area (Å²) in [4.78, 5) is 4.19. The van der Waals surface area contributed by atoms with Gasteiger partial charge in [0.1, 0.15) is 17.8 Å². The summed E-state index contributed by atoms with van der Waals surface area (Å²) >= 11 is 0. The Bertz CT molecular complexity index is 1140. The second-order valence-electron chi connectivity index (χ2n) is 6.07. The van der Waals surface area contributed by atoms with Gasteiger partial charge >= 0.3 is 6.36 Å². The molecule has 9 heteroatoms. The second-order valence-corrected chi connectivity index (χ2v) is 6.07. The number of nitrogens with zero attached hydrogens (tertiary/aromatic N) is 2. The van der Waals surface area contributed by atoms with Crippen LogP contribution in [0.1, 0.15) is 0 Å². The molecule has 4 aromatic rings. The average Bonchev–Trinajstić information content (AvgIpc) is 3.22. The predicted molar refractivity (Wildman–Crippen MR) is 100 cm³/mol. The normalized spacial score (nSPS) is 11.4. The van der Waals surface area contributed by atoms with Crippen molar-refractivity contribution < 1.29 is 27.2 Å². The molecule has 0 atom stereocenters. The third kappa shape index (κ3) is 4.23. The van der Waals surface area contributed by atoms with Crippen LogP contribution in [-0.4, -0.2) is 23.6 Å². The smallest absolute Gasteiger partial charge is 0.497 e. The van der Waals surface area contributed by atoms with E-state index in [4.69, 9.17) is 9.26 Å². The highest BCUT2D eigenvalue weighted by Crippen LogP contribution is 2.34. The molecule has 0 radical (unpaired) electrons. The lowest BCUT2D eigenvalue weighted by Crippen LogP contribution is -2.17. The maximum Gasteiger partial charge on any atom is 0.573 e. The minimum Gasteiger partial charge on any atom is -0.497 e. The number of aromatic nitrogens is 2. The number of hydrogen-bond donors (Lipinski definition) is 1. The third-order valence-corrected chi connectivity index (χ3v) is 4.13. The lowest BCUT2D eigenvalue weighted by molar-refractivity contribution is -0.274. The van der Waals surface area contributed by atoms with Crippen molar-refractivity contribution in [2.45, 2.75) is 6.36 Å². The summed E-state index contributed by atoms with van der Waals surface area (Å²) in [6.45, 7) is 0. The molecule has 0 saturated carbocycles. The Morgan fingerprint density at radius 3 is 2.59 bits per heavy atom. The van der Waals surface area contributed by atoms with Gasteiger partial charge in [-0.15, -0.1) is 13.2 Å². The zero-order chi connectivity index (χ0) is 20.4. The van der Waals surface area contributed by atoms with E-state index in [1.165, 1.54) is 24.5 Å². The van der Waals surface area contributed by atoms with Gasteiger partial charge in [-0.3, -0.25) is 4.98 Å². The second kappa shape index (κ2) is 7.34. The fourth-order valence-electron chi connectivity index (χ4n) is 2.89. The van der Waals surface area contributed by atoms with Crippen molar-refractivity contribution in [1.82, 2.24) is 10.1 Å². The molecule has 0 saturated heterocycles. The van der Waals surface area contributed by atoms with Crippen LogP contribution in [-0.2, 0) is 0 Å². The SMILES string of the molecule is COc1cc(Nc2ccnc3ccc(OC(F)(F)F)cc23)cc(-c2cnoc2)c1. The Morgan fingerprint density at radius 1 is 1.00 bits per heavy atom. The number of pyridine rings is 1. The van der Waals surface area contributed by atoms with Gasteiger partial charge in [0, 0.05) is 34.6 Å². The fraction of sp³-hybridized carbons (Fsp3) is 0.100. The summed E-state index contributed by atoms with van der Waals surface area (Å²) in [5, 5.41) is 7.38. The predicted octanol–water partition coefficient (Wildman–Crippen LogP) is 5.54. The van der Waals surface area contributed by atoms with Crippen molar-refractivity contribution in [3.05, 3.63) is 61.1 Å². The molecule has 4 rings (SSSR count). The molecule has 2 aromatic heterocycles. The molecule has 2 aromatic carbocycles. The lowest BCUT2D eigenvalue weighted by Gasteiger charge is -2.14. The van der Waals surface area contributed by atoms with E-state index >= 15 is 0 Å². The van der Waals surface area contributed by atoms with Gasteiger partial charge in [0.25, 0.3) is 0 Å². The maximum atomic E-state index is 12.6. The minimum absolute atomic E-state index is 0.322. The van der Waals surface area contributed by atoms with E-state index in [9.17, 15) is 13.2 Å². The molecule has 29 heavy (non-hydrogen) atoms. The van der Waals surface area contributed by atoms with E-state index in [0.717, 1.165) is 11.1 Å². The standard InChI is InChI=1S/C20H14F3N3O3/c1-27-16-7-12(13-10-25-28-11-13)6-14(8-16)26-19-4-5-24-18-3-2-15(9-17(18)19)29-20(21,22)23/h2-11H,1H3,(H,24,26). The van der Waals surface area contributed by atoms with Gasteiger partial charge in [-0.2, -0.15) is 0 Å². The summed E-state index contributed by atoms with van der Waals surface area (Å²) in [6.07, 6.45) is -0.137. The molecule has 148 valence electrons. The molecule has 0 amide bonds. The van der Waals surface area contributed by atoms with E-state index < -0.39 is 6.36 Å². The zero-order valence-electron chi connectivity index (χ0n) is 15.0. The number of fused-ring (bicyclic) bond motifs is 1. The molecule has 0 unspecified atom stereocenters. The van der Waals surface area contributed by atoms with Gasteiger partial charge in [-0.1, -0.05) is 5.16 Å². The summed E-state index contributed by atoms with van der Waals surface area (Å²) in [5.41, 5.74) is 3.30. The molecular weight excluding hydrogens is 387 g/mol. The first-order valence-electron chi connectivity index (χ1n) is 8.42. The van der Waals surface area contributed by atoms with Crippen molar-refractivity contribution in [3.8, 4) is 22.6 Å². The molecule has 0 aliphatic rings. The number of methoxy groups -OCH3 is 1. The summed E-state index contributed by atoms with van der Waals surface area (Å²) < 4.78 is 52.0. The first kappa shape index (κ1) is 18.6. The number of anilines is 2. The Morgan fingerprint density at radius 2 is 1.86 bits per heavy atom. The van der Waals surface area contributed by atoms with Crippen LogP contribution < -0.4 is 14.8 Å². The van der Waals surface area contributed by atoms with Crippen LogP contribution in [0.3, 0.4) is 0 Å². The Balaban J connectivity index is 1.74. The number of hydrogen-bond acceptors (Lipinski definition) is 6. The van der Waals surface area contributed by atoms with Crippen LogP contribution in [0.15, 0.2) is 65.6 Å². The number of benzene rings is 2. The molecule has 2 heterocycles. The van der Waals surface area contributed by atoms with Gasteiger partial charge < -0.3 is 19.3 Å². The van der Waals surface area contributed by atoms with E-state index in [1.807, 2.05) is 12.1 Å². The van der Waals surface area contributed by atoms with Crippen LogP contribution in [0.5, 0.6) is 11.5 Å². The number of ether oxygens (including phenoxy) is 2. The third-order valence-electron chi connectivity index (χ3n) is 4.13. The van der Waals surface area contributed by atoms with Crippen LogP contribution in [0.4, 0.5) is 24.5 Å². The highest BCUT2D eigenvalue weighted by Gasteiger charge is 2.31. The van der Waals surface area contributed by atoms with E-state index in [-0.39, 0.29) is 5.75 Å². The molecule has 0 spiro atoms. The summed E-state index contributed by atoms with van der Waals surface area (Å²) in [7, 11) is 1.54. The highest BCUT2D eigenvalue weighted by molar-refractivity contribution is 5.94. The van der Waals surface area contributed by atoms with Crippen LogP contribution in [0, 0.1) is 0 Å². The van der Waals surface area contributed by atoms with Crippen LogP contribution >= 0.6 is 0 Å². The number of rotatable bonds is 5. The van der Waals surface area contributed by atoms with Crippen molar-refractivity contribution in [1.29, 1.82) is 0 Å². The Hall–Kier alpha value is -3.75. The van der Waals surface area contributed by atoms with E-state index in [2.05, 4.69) is 20.2 Å². The van der Waals surface area contributed by atoms with Crippen molar-refractivity contribution in [2.24, 2.45) is 0 Å². The average molecular weight is 401 g/mol. The fourth-order valence-corrected chi connectivity index (χ4v) is 2.89. The number of halogens is 3. The maximum absolute atomic E-state index is 12.6. The molecule has 0 aliphatic heterocycles. The minimum atomic E-state index is -4.77. The first-order valence-corrected chi connectivity index (χ1v) is 8.42. The van der Waals surface area contributed by atoms with Crippen molar-refractivity contribution in [2.75, 3.05) is 12.4 Å². The lowest BCUT2D eigenvalue weighted by atomic mass is 10.1. The van der Waals surface area contributed by atoms with Crippen molar-refractivity contribution >= 4 is 22.3 Å². The molecule has 0 fully saturated rings. The first-order chi connectivity index (χ1) is 13.9. The largest absolute Gasteiger partial charge is 0.573 e. The molecular formula is C20H14F3N3O3. The van der Waals surface area contributed by atoms with E-state index in [1.54, 1.807) is 31.6 Å². The Kier molecular flexibility index (Phi) is 4.71. The monoisotopic (exact) mass is 401 g/mol. The molecule has 6 nitrogen and oxygen atoms in total. The summed E-state index contributed by atoms with van der Waals surface area (Å²) in [5.74, 6) is 0.266. The quantitative estimate of drug-likeness (QED) is 0.474. The molecule has 1 N–H and O–H groups in total. The van der Waals surface area contributed by atoms with Gasteiger partial charge in [0.05, 0.1) is 18.8 Å². The summed E-state index contributed by atoms with van der Waals surface area (Å²) in [6, 6.07) is 11.1. The van der Waals surface area contributed by atoms with Crippen LogP contribution in [0.25, 0.3) is 22.0 Å². The van der Waals surface area contributed by atoms with Gasteiger partial charge in [-0.25, -0.2) is 0 Å². The van der Waals surface area contributed by atoms with Gasteiger partial charge in [0.15, 0.2) is 0 Å². The molecule has 0 aliphatic carbocycles. The highest BCUT2D eigenvalue weighted by atomic mass is 19.4. The van der Waals surface area contributed by atoms with Crippen LogP contribution in [0.2, 0.25) is 0 Å². The van der Waals surface area contributed by atoms with Gasteiger partial charge in [0.2, 0.25) is 0 Å².